The molecule has 1 saturated heterocycles. The van der Waals surface area contributed by atoms with E-state index in [-0.39, 0.29) is 0 Å². The van der Waals surface area contributed by atoms with Crippen LogP contribution in [0.1, 0.15) is 57.8 Å². The van der Waals surface area contributed by atoms with Gasteiger partial charge in [0, 0.05) is 32.0 Å². The molecule has 3 aliphatic rings. The van der Waals surface area contributed by atoms with E-state index in [2.05, 4.69) is 4.90 Å². The summed E-state index contributed by atoms with van der Waals surface area (Å²) in [6.45, 7) is 2.09. The van der Waals surface area contributed by atoms with Crippen LogP contribution in [0.5, 0.6) is 0 Å². The van der Waals surface area contributed by atoms with Gasteiger partial charge in [-0.1, -0.05) is 25.7 Å². The number of fused-ring (bicyclic) bond motifs is 1. The molecule has 17 heavy (non-hydrogen) atoms. The van der Waals surface area contributed by atoms with Gasteiger partial charge < -0.3 is 0 Å². The van der Waals surface area contributed by atoms with Gasteiger partial charge in [0.25, 0.3) is 0 Å². The topological polar surface area (TPSA) is 20.3 Å². The molecule has 0 amide bonds. The van der Waals surface area contributed by atoms with Crippen molar-refractivity contribution in [3.63, 3.8) is 0 Å². The lowest BCUT2D eigenvalue weighted by atomic mass is 9.69. The number of carbonyl (C=O) groups excluding carboxylic acids is 1. The maximum Gasteiger partial charge on any atom is 0.135 e. The van der Waals surface area contributed by atoms with Crippen molar-refractivity contribution in [3.05, 3.63) is 0 Å². The molecule has 3 atom stereocenters. The molecule has 1 aliphatic heterocycles. The molecule has 3 rings (SSSR count). The second-order valence-corrected chi connectivity index (χ2v) is 6.35. The number of hydrogen-bond acceptors (Lipinski definition) is 2. The lowest BCUT2D eigenvalue weighted by Crippen LogP contribution is -2.45. The first-order valence-electron chi connectivity index (χ1n) is 7.58. The summed E-state index contributed by atoms with van der Waals surface area (Å²) in [6.07, 6.45) is 11.8. The zero-order valence-corrected chi connectivity index (χ0v) is 10.9. The quantitative estimate of drug-likeness (QED) is 0.696. The van der Waals surface area contributed by atoms with Crippen LogP contribution in [-0.4, -0.2) is 29.8 Å². The molecule has 2 saturated carbocycles. The predicted octanol–water partition coefficient (Wildman–Crippen LogP) is 3.01. The Kier molecular flexibility index (Phi) is 3.51. The van der Waals surface area contributed by atoms with Crippen LogP contribution in [0.15, 0.2) is 0 Å². The number of rotatable bonds is 1. The highest BCUT2D eigenvalue weighted by Crippen LogP contribution is 2.41. The van der Waals surface area contributed by atoms with Crippen LogP contribution in [0.3, 0.4) is 0 Å². The van der Waals surface area contributed by atoms with E-state index in [9.17, 15) is 4.79 Å². The van der Waals surface area contributed by atoms with Crippen LogP contribution in [0, 0.1) is 11.8 Å². The van der Waals surface area contributed by atoms with E-state index in [1.165, 1.54) is 44.9 Å². The zero-order valence-electron chi connectivity index (χ0n) is 10.9. The highest BCUT2D eigenvalue weighted by atomic mass is 16.1. The molecule has 0 aromatic heterocycles. The largest absolute Gasteiger partial charge is 0.300 e. The molecule has 2 nitrogen and oxygen atoms in total. The lowest BCUT2D eigenvalue weighted by molar-refractivity contribution is -0.122. The van der Waals surface area contributed by atoms with E-state index in [1.54, 1.807) is 0 Å². The summed E-state index contributed by atoms with van der Waals surface area (Å²) < 4.78 is 0. The summed E-state index contributed by atoms with van der Waals surface area (Å²) in [6, 6.07) is 0.808. The molecule has 3 fully saturated rings. The van der Waals surface area contributed by atoms with Crippen molar-refractivity contribution in [1.29, 1.82) is 0 Å². The van der Waals surface area contributed by atoms with Crippen molar-refractivity contribution >= 4 is 5.78 Å². The number of piperidine rings is 1. The van der Waals surface area contributed by atoms with E-state index >= 15 is 0 Å². The van der Waals surface area contributed by atoms with Crippen molar-refractivity contribution in [1.82, 2.24) is 4.90 Å². The molecule has 0 spiro atoms. The first kappa shape index (κ1) is 11.7. The number of nitrogens with zero attached hydrogens (tertiary/aromatic N) is 1. The van der Waals surface area contributed by atoms with Crippen molar-refractivity contribution in [2.75, 3.05) is 13.1 Å². The smallest absolute Gasteiger partial charge is 0.135 e. The Morgan fingerprint density at radius 1 is 0.882 bits per heavy atom. The second kappa shape index (κ2) is 5.09. The van der Waals surface area contributed by atoms with E-state index in [1.807, 2.05) is 0 Å². The van der Waals surface area contributed by atoms with Crippen LogP contribution in [0.4, 0.5) is 0 Å². The highest BCUT2D eigenvalue weighted by Gasteiger charge is 2.35. The molecule has 0 N–H and O–H groups in total. The molecule has 3 unspecified atom stereocenters. The average molecular weight is 235 g/mol. The Balaban J connectivity index is 1.56. The van der Waals surface area contributed by atoms with Gasteiger partial charge in [0.2, 0.25) is 0 Å². The van der Waals surface area contributed by atoms with Crippen molar-refractivity contribution in [2.45, 2.75) is 63.8 Å². The van der Waals surface area contributed by atoms with Gasteiger partial charge in [-0.05, 0) is 31.1 Å². The van der Waals surface area contributed by atoms with Crippen LogP contribution >= 0.6 is 0 Å². The Hall–Kier alpha value is -0.370. The minimum absolute atomic E-state index is 0.479. The summed E-state index contributed by atoms with van der Waals surface area (Å²) in [7, 11) is 0. The summed E-state index contributed by atoms with van der Waals surface area (Å²) in [5.74, 6) is 2.54. The molecule has 2 aliphatic carbocycles. The standard InChI is InChI=1S/C15H25NO/c17-15-7-9-16(10-8-15)14-6-5-12-3-1-2-4-13(12)11-14/h12-14H,1-11H2. The van der Waals surface area contributed by atoms with Crippen LogP contribution < -0.4 is 0 Å². The number of hydrogen-bond donors (Lipinski definition) is 0. The first-order valence-corrected chi connectivity index (χ1v) is 7.58. The minimum atomic E-state index is 0.479. The van der Waals surface area contributed by atoms with Crippen molar-refractivity contribution in [3.8, 4) is 0 Å². The fraction of sp³-hybridized carbons (Fsp3) is 0.933. The molecule has 0 radical (unpaired) electrons. The summed E-state index contributed by atoms with van der Waals surface area (Å²) in [4.78, 5) is 13.9. The maximum absolute atomic E-state index is 11.3. The highest BCUT2D eigenvalue weighted by molar-refractivity contribution is 5.79. The van der Waals surface area contributed by atoms with Gasteiger partial charge in [0.1, 0.15) is 5.78 Å². The fourth-order valence-electron chi connectivity index (χ4n) is 4.32. The zero-order chi connectivity index (χ0) is 11.7. The molecule has 1 heterocycles. The van der Waals surface area contributed by atoms with Gasteiger partial charge in [-0.3, -0.25) is 9.69 Å². The Morgan fingerprint density at radius 2 is 1.59 bits per heavy atom. The van der Waals surface area contributed by atoms with Crippen LogP contribution in [0.2, 0.25) is 0 Å². The molecular formula is C15H25NO. The molecule has 2 heteroatoms. The summed E-state index contributed by atoms with van der Waals surface area (Å²) in [5, 5.41) is 0. The van der Waals surface area contributed by atoms with Gasteiger partial charge in [-0.25, -0.2) is 0 Å². The SMILES string of the molecule is O=C1CCN(C2CCC3CCCCC3C2)CC1. The van der Waals surface area contributed by atoms with Gasteiger partial charge >= 0.3 is 0 Å². The van der Waals surface area contributed by atoms with E-state index in [4.69, 9.17) is 0 Å². The number of Topliss-reactive ketones (excluding diaryl/α,β-unsaturated/α-hetero) is 1. The van der Waals surface area contributed by atoms with E-state index in [0.29, 0.717) is 5.78 Å². The monoisotopic (exact) mass is 235 g/mol. The number of ketones is 1. The Bertz CT molecular complexity index is 279. The first-order chi connectivity index (χ1) is 8.33. The van der Waals surface area contributed by atoms with E-state index < -0.39 is 0 Å². The molecular weight excluding hydrogens is 210 g/mol. The molecule has 0 bridgehead atoms. The normalized spacial score (nSPS) is 40.0. The second-order valence-electron chi connectivity index (χ2n) is 6.35. The number of carbonyl (C=O) groups is 1. The summed E-state index contributed by atoms with van der Waals surface area (Å²) >= 11 is 0. The lowest BCUT2D eigenvalue weighted by Gasteiger charge is -2.44. The average Bonchev–Trinajstić information content (AvgIpc) is 2.39. The fourth-order valence-corrected chi connectivity index (χ4v) is 4.32. The predicted molar refractivity (Wildman–Crippen MR) is 68.9 cm³/mol. The molecule has 0 aromatic carbocycles. The minimum Gasteiger partial charge on any atom is -0.300 e. The van der Waals surface area contributed by atoms with Crippen molar-refractivity contribution < 1.29 is 4.79 Å². The van der Waals surface area contributed by atoms with Crippen molar-refractivity contribution in [2.24, 2.45) is 11.8 Å². The Labute approximate surface area is 105 Å². The third-order valence-corrected chi connectivity index (χ3v) is 5.38. The molecule has 0 aromatic rings. The Morgan fingerprint density at radius 3 is 2.35 bits per heavy atom. The molecule has 96 valence electrons. The van der Waals surface area contributed by atoms with Gasteiger partial charge in [0.15, 0.2) is 0 Å². The third kappa shape index (κ3) is 2.57. The maximum atomic E-state index is 11.3. The van der Waals surface area contributed by atoms with Gasteiger partial charge in [0.05, 0.1) is 0 Å². The van der Waals surface area contributed by atoms with Gasteiger partial charge in [-0.15, -0.1) is 0 Å². The van der Waals surface area contributed by atoms with Crippen LogP contribution in [-0.2, 0) is 4.79 Å². The van der Waals surface area contributed by atoms with E-state index in [0.717, 1.165) is 43.8 Å². The number of likely N-dealkylation sites (tertiary alicyclic amines) is 1. The third-order valence-electron chi connectivity index (χ3n) is 5.38. The van der Waals surface area contributed by atoms with Gasteiger partial charge in [-0.2, -0.15) is 0 Å². The van der Waals surface area contributed by atoms with Crippen LogP contribution in [0.25, 0.3) is 0 Å². The summed E-state index contributed by atoms with van der Waals surface area (Å²) in [5.41, 5.74) is 0.